The Kier molecular flexibility index (Phi) is 6.36. The van der Waals surface area contributed by atoms with Gasteiger partial charge in [0.05, 0.1) is 11.3 Å². The van der Waals surface area contributed by atoms with Crippen LogP contribution in [0.1, 0.15) is 25.8 Å². The molecule has 0 bridgehead atoms. The molecule has 0 aliphatic heterocycles. The van der Waals surface area contributed by atoms with Crippen LogP contribution in [-0.2, 0) is 6.18 Å². The van der Waals surface area contributed by atoms with E-state index in [-0.39, 0.29) is 16.2 Å². The molecule has 152 valence electrons. The lowest BCUT2D eigenvalue weighted by atomic mass is 10.1. The first-order chi connectivity index (χ1) is 13.8. The number of anilines is 3. The van der Waals surface area contributed by atoms with E-state index >= 15 is 0 Å². The quantitative estimate of drug-likeness (QED) is 0.448. The predicted octanol–water partition coefficient (Wildman–Crippen LogP) is 6.27. The van der Waals surface area contributed by atoms with Crippen molar-refractivity contribution in [3.63, 3.8) is 0 Å². The fourth-order valence-corrected chi connectivity index (χ4v) is 3.01. The van der Waals surface area contributed by atoms with Gasteiger partial charge in [0.2, 0.25) is 5.95 Å². The maximum absolute atomic E-state index is 13.2. The number of aromatic nitrogens is 3. The second-order valence-electron chi connectivity index (χ2n) is 6.47. The summed E-state index contributed by atoms with van der Waals surface area (Å²) in [5.41, 5.74) is 0.964. The van der Waals surface area contributed by atoms with Crippen molar-refractivity contribution in [2.45, 2.75) is 32.5 Å². The first-order valence-corrected chi connectivity index (χ1v) is 9.75. The number of benzene rings is 1. The smallest absolute Gasteiger partial charge is 0.352 e. The normalized spacial score (nSPS) is 12.5. The highest BCUT2D eigenvalue weighted by Crippen LogP contribution is 2.37. The second kappa shape index (κ2) is 8.77. The van der Waals surface area contributed by atoms with Gasteiger partial charge in [-0.05, 0) is 43.7 Å². The van der Waals surface area contributed by atoms with Gasteiger partial charge >= 0.3 is 6.18 Å². The van der Waals surface area contributed by atoms with E-state index in [1.165, 1.54) is 6.07 Å². The van der Waals surface area contributed by atoms with Gasteiger partial charge in [0.15, 0.2) is 0 Å². The number of alkyl halides is 3. The molecule has 0 aliphatic carbocycles. The molecule has 0 saturated heterocycles. The fraction of sp³-hybridized carbons (Fsp3) is 0.250. The summed E-state index contributed by atoms with van der Waals surface area (Å²) < 4.78 is 39.6. The van der Waals surface area contributed by atoms with Gasteiger partial charge in [-0.3, -0.25) is 4.98 Å². The molecular weight excluding hydrogens is 447 g/mol. The van der Waals surface area contributed by atoms with Gasteiger partial charge in [-0.1, -0.05) is 22.9 Å². The van der Waals surface area contributed by atoms with Crippen LogP contribution in [0.15, 0.2) is 53.3 Å². The minimum Gasteiger partial charge on any atom is -0.352 e. The summed E-state index contributed by atoms with van der Waals surface area (Å²) in [4.78, 5) is 12.9. The largest absolute Gasteiger partial charge is 0.417 e. The molecule has 29 heavy (non-hydrogen) atoms. The third-order valence-electron chi connectivity index (χ3n) is 4.23. The highest BCUT2D eigenvalue weighted by molar-refractivity contribution is 9.10. The molecule has 1 aromatic carbocycles. The SMILES string of the molecule is CC[C@H](C)Nc1nc(Nc2ccc(Br)c(C(F)(F)F)c2)cc(-c2ccncc2)n1. The molecule has 9 heteroatoms. The Labute approximate surface area is 174 Å². The number of nitrogens with zero attached hydrogens (tertiary/aromatic N) is 3. The highest BCUT2D eigenvalue weighted by Gasteiger charge is 2.33. The molecule has 0 spiro atoms. The first kappa shape index (κ1) is 21.0. The van der Waals surface area contributed by atoms with Crippen LogP contribution in [-0.4, -0.2) is 21.0 Å². The van der Waals surface area contributed by atoms with Crippen LogP contribution in [0.3, 0.4) is 0 Å². The summed E-state index contributed by atoms with van der Waals surface area (Å²) in [5, 5.41) is 6.17. The van der Waals surface area contributed by atoms with E-state index in [0.717, 1.165) is 18.1 Å². The van der Waals surface area contributed by atoms with Crippen LogP contribution < -0.4 is 10.6 Å². The lowest BCUT2D eigenvalue weighted by Crippen LogP contribution is -2.16. The lowest BCUT2D eigenvalue weighted by Gasteiger charge is -2.15. The average Bonchev–Trinajstić information content (AvgIpc) is 2.69. The fourth-order valence-electron chi connectivity index (χ4n) is 2.54. The van der Waals surface area contributed by atoms with Crippen molar-refractivity contribution in [3.05, 3.63) is 58.8 Å². The molecule has 0 unspecified atom stereocenters. The van der Waals surface area contributed by atoms with Gasteiger partial charge in [-0.15, -0.1) is 0 Å². The molecule has 3 rings (SSSR count). The minimum absolute atomic E-state index is 0.0187. The molecule has 0 fully saturated rings. The van der Waals surface area contributed by atoms with Crippen molar-refractivity contribution in [3.8, 4) is 11.3 Å². The summed E-state index contributed by atoms with van der Waals surface area (Å²) in [5.74, 6) is 0.775. The third kappa shape index (κ3) is 5.44. The van der Waals surface area contributed by atoms with Gasteiger partial charge in [0, 0.05) is 40.2 Å². The molecule has 0 radical (unpaired) electrons. The molecule has 0 aliphatic rings. The van der Waals surface area contributed by atoms with E-state index in [1.807, 2.05) is 13.8 Å². The zero-order chi connectivity index (χ0) is 21.0. The van der Waals surface area contributed by atoms with Crippen LogP contribution >= 0.6 is 15.9 Å². The molecule has 3 aromatic rings. The maximum atomic E-state index is 13.2. The Morgan fingerprint density at radius 3 is 2.45 bits per heavy atom. The van der Waals surface area contributed by atoms with Crippen LogP contribution in [0.5, 0.6) is 0 Å². The molecule has 0 saturated carbocycles. The van der Waals surface area contributed by atoms with Crippen LogP contribution in [0, 0.1) is 0 Å². The Bertz CT molecular complexity index is 980. The number of rotatable bonds is 6. The Balaban J connectivity index is 1.99. The van der Waals surface area contributed by atoms with Crippen LogP contribution in [0.25, 0.3) is 11.3 Å². The minimum atomic E-state index is -4.46. The van der Waals surface area contributed by atoms with Crippen molar-refractivity contribution in [2.75, 3.05) is 10.6 Å². The van der Waals surface area contributed by atoms with E-state index < -0.39 is 11.7 Å². The standard InChI is InChI=1S/C20H19BrF3N5/c1-3-12(2)26-19-28-17(13-6-8-25-9-7-13)11-18(29-19)27-14-4-5-16(21)15(10-14)20(22,23)24/h4-12H,3H2,1-2H3,(H2,26,27,28,29)/t12-/m0/s1. The summed E-state index contributed by atoms with van der Waals surface area (Å²) >= 11 is 2.95. The second-order valence-corrected chi connectivity index (χ2v) is 7.32. The highest BCUT2D eigenvalue weighted by atomic mass is 79.9. The Morgan fingerprint density at radius 2 is 1.79 bits per heavy atom. The van der Waals surface area contributed by atoms with Gasteiger partial charge in [0.1, 0.15) is 5.82 Å². The topological polar surface area (TPSA) is 62.7 Å². The zero-order valence-electron chi connectivity index (χ0n) is 15.8. The van der Waals surface area contributed by atoms with E-state index in [0.29, 0.717) is 17.5 Å². The number of pyridine rings is 1. The Hall–Kier alpha value is -2.68. The van der Waals surface area contributed by atoms with E-state index in [1.54, 1.807) is 36.7 Å². The zero-order valence-corrected chi connectivity index (χ0v) is 17.3. The summed E-state index contributed by atoms with van der Waals surface area (Å²) in [6.45, 7) is 4.03. The van der Waals surface area contributed by atoms with Gasteiger partial charge in [-0.25, -0.2) is 4.98 Å². The van der Waals surface area contributed by atoms with E-state index in [2.05, 4.69) is 41.5 Å². The molecule has 0 amide bonds. The summed E-state index contributed by atoms with van der Waals surface area (Å²) in [7, 11) is 0. The van der Waals surface area contributed by atoms with E-state index in [9.17, 15) is 13.2 Å². The lowest BCUT2D eigenvalue weighted by molar-refractivity contribution is -0.138. The van der Waals surface area contributed by atoms with Crippen LogP contribution in [0.4, 0.5) is 30.6 Å². The van der Waals surface area contributed by atoms with Crippen molar-refractivity contribution < 1.29 is 13.2 Å². The third-order valence-corrected chi connectivity index (χ3v) is 4.93. The molecule has 1 atom stereocenters. The Morgan fingerprint density at radius 1 is 1.07 bits per heavy atom. The number of nitrogens with one attached hydrogen (secondary N) is 2. The van der Waals surface area contributed by atoms with Gasteiger partial charge < -0.3 is 10.6 Å². The predicted molar refractivity (Wildman–Crippen MR) is 111 cm³/mol. The molecule has 2 N–H and O–H groups in total. The number of hydrogen-bond donors (Lipinski definition) is 2. The van der Waals surface area contributed by atoms with Gasteiger partial charge in [0.25, 0.3) is 0 Å². The summed E-state index contributed by atoms with van der Waals surface area (Å²) in [6.07, 6.45) is -0.297. The number of halogens is 4. The monoisotopic (exact) mass is 465 g/mol. The molecule has 2 heterocycles. The van der Waals surface area contributed by atoms with Crippen molar-refractivity contribution in [2.24, 2.45) is 0 Å². The summed E-state index contributed by atoms with van der Waals surface area (Å²) in [6, 6.07) is 9.39. The van der Waals surface area contributed by atoms with Gasteiger partial charge in [-0.2, -0.15) is 18.2 Å². The average molecular weight is 466 g/mol. The molecule has 2 aromatic heterocycles. The molecular formula is C20H19BrF3N5. The maximum Gasteiger partial charge on any atom is 0.417 e. The molecule has 5 nitrogen and oxygen atoms in total. The number of hydrogen-bond acceptors (Lipinski definition) is 5. The first-order valence-electron chi connectivity index (χ1n) is 8.96. The van der Waals surface area contributed by atoms with Crippen molar-refractivity contribution >= 4 is 33.4 Å². The van der Waals surface area contributed by atoms with Crippen molar-refractivity contribution in [1.29, 1.82) is 0 Å². The van der Waals surface area contributed by atoms with E-state index in [4.69, 9.17) is 0 Å². The van der Waals surface area contributed by atoms with Crippen LogP contribution in [0.2, 0.25) is 0 Å². The van der Waals surface area contributed by atoms with Crippen molar-refractivity contribution in [1.82, 2.24) is 15.0 Å².